The Labute approximate surface area is 616 Å². The van der Waals surface area contributed by atoms with Crippen molar-refractivity contribution in [3.8, 4) is 56.5 Å². The molecule has 0 aliphatic heterocycles. The molecule has 5 aromatic heterocycles. The fourth-order valence-electron chi connectivity index (χ4n) is 10.7. The number of hydrogen-bond donors (Lipinski definition) is 0. The molecule has 10 heteroatoms. The Bertz CT molecular complexity index is 6800. The topological polar surface area (TPSA) is 129 Å². The van der Waals surface area contributed by atoms with Crippen molar-refractivity contribution < 1.29 is 34.3 Å². The van der Waals surface area contributed by atoms with Crippen molar-refractivity contribution in [1.82, 2.24) is 49.8 Å². The molecular formula is C89H82N10. The number of aromatic nitrogens is 10. The van der Waals surface area contributed by atoms with Crippen LogP contribution < -0.4 is 0 Å². The fraction of sp³-hybridized carbons (Fsp3) is 0.169. The summed E-state index contributed by atoms with van der Waals surface area (Å²) in [6, 6.07) is 31.2. The van der Waals surface area contributed by atoms with Gasteiger partial charge in [-0.2, -0.15) is 0 Å². The molecule has 0 radical (unpaired) electrons. The molecule has 16 rings (SSSR count). The van der Waals surface area contributed by atoms with Crippen molar-refractivity contribution in [2.45, 2.75) is 98.8 Å². The third kappa shape index (κ3) is 15.9. The monoisotopic (exact) mass is 1320 g/mol. The smallest absolute Gasteiger partial charge is 0.160 e. The van der Waals surface area contributed by atoms with E-state index >= 15 is 0 Å². The Morgan fingerprint density at radius 1 is 0.263 bits per heavy atom. The quantitative estimate of drug-likeness (QED) is 0.122. The number of rotatable bonds is 10. The van der Waals surface area contributed by atoms with E-state index in [1.54, 1.807) is 18.3 Å². The second-order valence-corrected chi connectivity index (χ2v) is 24.2. The molecule has 488 valence electrons. The van der Waals surface area contributed by atoms with Gasteiger partial charge in [-0.05, 0) is 71.0 Å². The number of para-hydroxylation sites is 4. The summed E-state index contributed by atoms with van der Waals surface area (Å²) in [7, 11) is 0. The normalized spacial score (nSPS) is 14.7. The van der Waals surface area contributed by atoms with Gasteiger partial charge < -0.3 is 0 Å². The zero-order valence-corrected chi connectivity index (χ0v) is 56.1. The van der Waals surface area contributed by atoms with Crippen molar-refractivity contribution >= 4 is 65.5 Å². The van der Waals surface area contributed by atoms with Crippen LogP contribution in [-0.4, -0.2) is 49.8 Å². The van der Waals surface area contributed by atoms with Gasteiger partial charge in [0, 0.05) is 61.5 Å². The van der Waals surface area contributed by atoms with E-state index in [1.165, 1.54) is 0 Å². The maximum Gasteiger partial charge on any atom is 0.160 e. The summed E-state index contributed by atoms with van der Waals surface area (Å²) in [6.45, 7) is 19.9. The second kappa shape index (κ2) is 31.5. The minimum atomic E-state index is -0.420. The SMILES string of the molecule is [2H]c1c([2H])c([2H])c(-c2nc(C(C)C)c3ccccc3n2)c([2H])c1[2H].[2H]c1c([2H])c([2H])c(-c2nc(C(C)C)nc3ccccc23)c([2H])c1[2H].[2H]c1c([2H])c([2H])c(-c2nc3ccc4ccccc4c3nc2C(C)C)c([2H])c1[2H].[2H]c1c([2H])c([2H])c(-c2nc3ccccc3nc2C(C)C)c([2H])c1[2H].[2H]c1c([2H])c([2H])c(-c2ncc3c(C(C)C)cccc3n2)c([2H])c1[2H]. The molecule has 10 nitrogen and oxygen atoms in total. The van der Waals surface area contributed by atoms with Crippen LogP contribution in [0.4, 0.5) is 0 Å². The molecule has 0 unspecified atom stereocenters. The van der Waals surface area contributed by atoms with E-state index in [2.05, 4.69) is 53.7 Å². The Hall–Kier alpha value is -11.6. The highest BCUT2D eigenvalue weighted by Crippen LogP contribution is 2.34. The summed E-state index contributed by atoms with van der Waals surface area (Å²) in [6.07, 6.45) is 1.66. The third-order valence-corrected chi connectivity index (χ3v) is 15.5. The molecule has 0 N–H and O–H groups in total. The summed E-state index contributed by atoms with van der Waals surface area (Å²) in [5.41, 5.74) is 9.38. The first-order chi connectivity index (χ1) is 58.6. The van der Waals surface area contributed by atoms with Crippen LogP contribution in [0, 0.1) is 0 Å². The standard InChI is InChI=1S/C21H18N2.4C17H16N2/c1-14(2)19-20(16-9-4-3-5-10-16)22-18-13-12-15-8-6-7-11-17(15)21(18)23-19;1-12(2)17-18-15-11-7-6-10-14(15)16(19-17)13-8-4-3-5-9-13;1-12(2)16-17(13-8-4-3-5-9-13)19-15-11-7-6-10-14(15)18-16;1-12(2)16-14-10-6-7-11-15(14)18-17(19-16)13-8-4-3-5-9-13;1-12(2)14-9-6-10-16-15(14)11-18-17(19-16)13-7-4-3-5-8-13/h3-14H,1-2H3;4*3-12H,1-2H3/i3D,4D,5D,9D,10D;3*3D,4D,5D,8D,9D;3D,4D,5D,7D,8D. The lowest BCUT2D eigenvalue weighted by molar-refractivity contribution is 0.784. The number of fused-ring (bicyclic) bond motifs is 7. The maximum atomic E-state index is 8.31. The number of nitrogens with zero attached hydrogens (tertiary/aromatic N) is 10. The number of hydrogen-bond acceptors (Lipinski definition) is 10. The van der Waals surface area contributed by atoms with E-state index < -0.39 is 30.2 Å². The predicted molar refractivity (Wildman–Crippen MR) is 413 cm³/mol. The minimum Gasteiger partial charge on any atom is -0.249 e. The largest absolute Gasteiger partial charge is 0.249 e. The first kappa shape index (κ1) is 42.8. The minimum absolute atomic E-state index is 0.00467. The third-order valence-electron chi connectivity index (χ3n) is 15.5. The molecule has 0 aliphatic rings. The maximum absolute atomic E-state index is 8.31. The predicted octanol–water partition coefficient (Wildman–Crippen LogP) is 23.3. The van der Waals surface area contributed by atoms with Crippen LogP contribution in [0.25, 0.3) is 122 Å². The van der Waals surface area contributed by atoms with Gasteiger partial charge in [-0.1, -0.05) is 311 Å². The summed E-state index contributed by atoms with van der Waals surface area (Å²) >= 11 is 0. The summed E-state index contributed by atoms with van der Waals surface area (Å²) in [5, 5.41) is 4.50. The van der Waals surface area contributed by atoms with Gasteiger partial charge in [0.1, 0.15) is 5.82 Å². The second-order valence-electron chi connectivity index (χ2n) is 24.2. The van der Waals surface area contributed by atoms with E-state index in [0.717, 1.165) is 43.8 Å². The van der Waals surface area contributed by atoms with E-state index in [9.17, 15) is 0 Å². The summed E-state index contributed by atoms with van der Waals surface area (Å²) in [4.78, 5) is 45.5. The van der Waals surface area contributed by atoms with E-state index in [4.69, 9.17) is 44.2 Å². The van der Waals surface area contributed by atoms with Gasteiger partial charge in [-0.15, -0.1) is 0 Å². The molecule has 0 bridgehead atoms. The molecule has 0 fully saturated rings. The van der Waals surface area contributed by atoms with Crippen molar-refractivity contribution in [2.75, 3.05) is 0 Å². The van der Waals surface area contributed by atoms with E-state index in [0.29, 0.717) is 73.2 Å². The molecule has 0 aliphatic carbocycles. The molecule has 16 aromatic rings. The Morgan fingerprint density at radius 3 is 1.23 bits per heavy atom. The van der Waals surface area contributed by atoms with Gasteiger partial charge in [0.15, 0.2) is 11.6 Å². The lowest BCUT2D eigenvalue weighted by Crippen LogP contribution is -2.01. The highest BCUT2D eigenvalue weighted by Gasteiger charge is 2.18. The van der Waals surface area contributed by atoms with Gasteiger partial charge >= 0.3 is 0 Å². The zero-order chi connectivity index (χ0) is 90.5. The van der Waals surface area contributed by atoms with Gasteiger partial charge in [0.2, 0.25) is 0 Å². The Morgan fingerprint density at radius 2 is 0.687 bits per heavy atom. The van der Waals surface area contributed by atoms with Gasteiger partial charge in [0.05, 0.1) is 107 Å². The van der Waals surface area contributed by atoms with Crippen LogP contribution in [0.3, 0.4) is 0 Å². The van der Waals surface area contributed by atoms with E-state index in [-0.39, 0.29) is 184 Å². The van der Waals surface area contributed by atoms with Crippen LogP contribution in [0.1, 0.15) is 162 Å². The van der Waals surface area contributed by atoms with Crippen molar-refractivity contribution in [3.05, 3.63) is 313 Å². The first-order valence-corrected chi connectivity index (χ1v) is 32.2. The van der Waals surface area contributed by atoms with Crippen LogP contribution in [0.5, 0.6) is 0 Å². The fourth-order valence-corrected chi connectivity index (χ4v) is 10.7. The molecule has 0 saturated heterocycles. The van der Waals surface area contributed by atoms with Crippen LogP contribution in [0.15, 0.2) is 285 Å². The average Bonchev–Trinajstić information content (AvgIpc) is 0.750. The first-order valence-electron chi connectivity index (χ1n) is 44.7. The molecule has 0 atom stereocenters. The highest BCUT2D eigenvalue weighted by molar-refractivity contribution is 6.04. The highest BCUT2D eigenvalue weighted by atomic mass is 14.9. The van der Waals surface area contributed by atoms with Crippen LogP contribution in [0.2, 0.25) is 0 Å². The number of benzene rings is 11. The Kier molecular flexibility index (Phi) is 13.6. The lowest BCUT2D eigenvalue weighted by atomic mass is 9.99. The molecule has 5 heterocycles. The average molecular weight is 1320 g/mol. The van der Waals surface area contributed by atoms with Crippen LogP contribution >= 0.6 is 0 Å². The van der Waals surface area contributed by atoms with Crippen molar-refractivity contribution in [1.29, 1.82) is 0 Å². The summed E-state index contributed by atoms with van der Waals surface area (Å²) in [5.74, 6) is 1.31. The zero-order valence-electron chi connectivity index (χ0n) is 81.1. The van der Waals surface area contributed by atoms with Gasteiger partial charge in [-0.25, -0.2) is 49.8 Å². The van der Waals surface area contributed by atoms with Crippen LogP contribution in [-0.2, 0) is 0 Å². The molecule has 0 spiro atoms. The molecular weight excluding hydrogens is 1210 g/mol. The molecule has 99 heavy (non-hydrogen) atoms. The molecule has 0 saturated carbocycles. The van der Waals surface area contributed by atoms with E-state index in [1.807, 2.05) is 171 Å². The molecule has 11 aromatic carbocycles. The van der Waals surface area contributed by atoms with Gasteiger partial charge in [0.25, 0.3) is 0 Å². The van der Waals surface area contributed by atoms with Crippen molar-refractivity contribution in [2.24, 2.45) is 0 Å². The lowest BCUT2D eigenvalue weighted by Gasteiger charge is -2.13. The molecule has 0 amide bonds. The Balaban J connectivity index is 0.000000142. The van der Waals surface area contributed by atoms with Gasteiger partial charge in [-0.3, -0.25) is 0 Å². The van der Waals surface area contributed by atoms with Crippen molar-refractivity contribution in [3.63, 3.8) is 0 Å². The summed E-state index contributed by atoms with van der Waals surface area (Å²) < 4.78 is 199.